The molecule has 0 aliphatic heterocycles. The molecule has 0 bridgehead atoms. The van der Waals surface area contributed by atoms with Gasteiger partial charge in [-0.05, 0) is 12.6 Å². The van der Waals surface area contributed by atoms with Crippen LogP contribution in [0.4, 0.5) is 0 Å². The number of carbonyl (C=O) groups is 1. The molecule has 0 aromatic carbocycles. The topological polar surface area (TPSA) is 29.4 Å². The summed E-state index contributed by atoms with van der Waals surface area (Å²) in [7, 11) is 0. The van der Waals surface area contributed by atoms with Gasteiger partial charge in [-0.25, -0.2) is 4.99 Å². The largest absolute Gasteiger partial charge is 0.272 e. The average Bonchev–Trinajstić information content (AvgIpc) is 2.00. The van der Waals surface area contributed by atoms with E-state index in [1.165, 1.54) is 0 Å². The first-order valence-electron chi connectivity index (χ1n) is 3.26. The predicted octanol–water partition coefficient (Wildman–Crippen LogP) is 1.67. The number of allylic oxidation sites excluding steroid dienone is 1. The van der Waals surface area contributed by atoms with Gasteiger partial charge in [-0.1, -0.05) is 19.9 Å². The smallest absolute Gasteiger partial charge is 0.248 e. The SMILES string of the molecule is C=CC(C)C(C)C(=O)N=C. The van der Waals surface area contributed by atoms with Gasteiger partial charge in [-0.3, -0.25) is 4.79 Å². The number of carbonyl (C=O) groups excluding carboxylic acids is 1. The minimum atomic E-state index is -0.160. The second-order valence-electron chi connectivity index (χ2n) is 2.38. The summed E-state index contributed by atoms with van der Waals surface area (Å²) in [5.41, 5.74) is 0. The Morgan fingerprint density at radius 3 is 2.40 bits per heavy atom. The molecule has 0 aromatic rings. The first-order chi connectivity index (χ1) is 4.63. The molecule has 0 spiro atoms. The first kappa shape index (κ1) is 9.08. The van der Waals surface area contributed by atoms with Crippen molar-refractivity contribution in [1.82, 2.24) is 0 Å². The highest BCUT2D eigenvalue weighted by molar-refractivity contribution is 5.82. The van der Waals surface area contributed by atoms with Crippen LogP contribution in [-0.4, -0.2) is 12.6 Å². The van der Waals surface area contributed by atoms with Gasteiger partial charge in [0.2, 0.25) is 5.91 Å². The van der Waals surface area contributed by atoms with E-state index in [0.29, 0.717) is 0 Å². The zero-order chi connectivity index (χ0) is 8.15. The zero-order valence-electron chi connectivity index (χ0n) is 6.50. The van der Waals surface area contributed by atoms with Crippen molar-refractivity contribution in [3.8, 4) is 0 Å². The second kappa shape index (κ2) is 3.99. The minimum absolute atomic E-state index is 0.0880. The molecule has 1 amide bonds. The van der Waals surface area contributed by atoms with E-state index in [2.05, 4.69) is 18.3 Å². The van der Waals surface area contributed by atoms with Crippen LogP contribution in [0.25, 0.3) is 0 Å². The van der Waals surface area contributed by atoms with Crippen LogP contribution in [0.15, 0.2) is 17.6 Å². The summed E-state index contributed by atoms with van der Waals surface area (Å²) < 4.78 is 0. The molecule has 56 valence electrons. The molecule has 0 fully saturated rings. The molecular formula is C8H13NO. The van der Waals surface area contributed by atoms with E-state index >= 15 is 0 Å². The maximum absolute atomic E-state index is 10.8. The lowest BCUT2D eigenvalue weighted by molar-refractivity contribution is -0.121. The number of hydrogen-bond donors (Lipinski definition) is 0. The van der Waals surface area contributed by atoms with Crippen LogP contribution in [0.1, 0.15) is 13.8 Å². The Hall–Kier alpha value is -0.920. The summed E-state index contributed by atoms with van der Waals surface area (Å²) in [6.45, 7) is 10.5. The standard InChI is InChI=1S/C8H13NO/c1-5-6(2)7(3)8(10)9-4/h5-7H,1,4H2,2-3H3. The highest BCUT2D eigenvalue weighted by atomic mass is 16.1. The van der Waals surface area contributed by atoms with Crippen LogP contribution in [0, 0.1) is 11.8 Å². The molecule has 2 atom stereocenters. The predicted molar refractivity (Wildman–Crippen MR) is 43.1 cm³/mol. The number of rotatable bonds is 3. The molecule has 0 saturated carbocycles. The van der Waals surface area contributed by atoms with Crippen LogP contribution >= 0.6 is 0 Å². The Kier molecular flexibility index (Phi) is 3.62. The monoisotopic (exact) mass is 139 g/mol. The molecule has 10 heavy (non-hydrogen) atoms. The van der Waals surface area contributed by atoms with Crippen molar-refractivity contribution < 1.29 is 4.79 Å². The van der Waals surface area contributed by atoms with Gasteiger partial charge in [0.1, 0.15) is 0 Å². The molecule has 0 aliphatic carbocycles. The maximum atomic E-state index is 10.8. The normalized spacial score (nSPS) is 15.4. The third-order valence-electron chi connectivity index (χ3n) is 1.71. The van der Waals surface area contributed by atoms with Crippen molar-refractivity contribution >= 4 is 12.6 Å². The van der Waals surface area contributed by atoms with Crippen LogP contribution in [0.5, 0.6) is 0 Å². The molecule has 2 heteroatoms. The Labute approximate surface area is 61.7 Å². The Bertz CT molecular complexity index is 151. The van der Waals surface area contributed by atoms with Crippen molar-refractivity contribution in [3.05, 3.63) is 12.7 Å². The molecule has 0 N–H and O–H groups in total. The summed E-state index contributed by atoms with van der Waals surface area (Å²) >= 11 is 0. The summed E-state index contributed by atoms with van der Waals surface area (Å²) in [6, 6.07) is 0. The Morgan fingerprint density at radius 1 is 1.60 bits per heavy atom. The average molecular weight is 139 g/mol. The lowest BCUT2D eigenvalue weighted by Crippen LogP contribution is -2.14. The van der Waals surface area contributed by atoms with E-state index in [1.54, 1.807) is 6.08 Å². The Balaban J connectivity index is 4.05. The van der Waals surface area contributed by atoms with E-state index in [4.69, 9.17) is 0 Å². The third kappa shape index (κ3) is 2.13. The molecule has 0 rings (SSSR count). The fraction of sp³-hybridized carbons (Fsp3) is 0.500. The molecule has 0 aliphatic rings. The van der Waals surface area contributed by atoms with Gasteiger partial charge in [0.15, 0.2) is 0 Å². The number of amides is 1. The summed E-state index contributed by atoms with van der Waals surface area (Å²) in [4.78, 5) is 14.2. The van der Waals surface area contributed by atoms with Crippen molar-refractivity contribution in [2.45, 2.75) is 13.8 Å². The third-order valence-corrected chi connectivity index (χ3v) is 1.71. The van der Waals surface area contributed by atoms with Gasteiger partial charge >= 0.3 is 0 Å². The van der Waals surface area contributed by atoms with E-state index in [9.17, 15) is 4.79 Å². The van der Waals surface area contributed by atoms with E-state index in [0.717, 1.165) is 0 Å². The molecule has 0 heterocycles. The van der Waals surface area contributed by atoms with Gasteiger partial charge in [0.05, 0.1) is 0 Å². The lowest BCUT2D eigenvalue weighted by Gasteiger charge is -2.10. The van der Waals surface area contributed by atoms with Gasteiger partial charge < -0.3 is 0 Å². The van der Waals surface area contributed by atoms with Crippen molar-refractivity contribution in [2.75, 3.05) is 0 Å². The highest BCUT2D eigenvalue weighted by Crippen LogP contribution is 2.12. The van der Waals surface area contributed by atoms with Crippen LogP contribution in [0.3, 0.4) is 0 Å². The number of nitrogens with zero attached hydrogens (tertiary/aromatic N) is 1. The van der Waals surface area contributed by atoms with E-state index < -0.39 is 0 Å². The molecule has 0 radical (unpaired) electrons. The molecule has 2 unspecified atom stereocenters. The van der Waals surface area contributed by atoms with E-state index in [-0.39, 0.29) is 17.7 Å². The summed E-state index contributed by atoms with van der Waals surface area (Å²) in [5, 5.41) is 0. The van der Waals surface area contributed by atoms with Gasteiger partial charge in [0.25, 0.3) is 0 Å². The fourth-order valence-electron chi connectivity index (χ4n) is 0.573. The zero-order valence-corrected chi connectivity index (χ0v) is 6.50. The fourth-order valence-corrected chi connectivity index (χ4v) is 0.573. The van der Waals surface area contributed by atoms with Crippen LogP contribution in [-0.2, 0) is 4.79 Å². The van der Waals surface area contributed by atoms with Gasteiger partial charge in [-0.2, -0.15) is 0 Å². The lowest BCUT2D eigenvalue weighted by atomic mass is 9.96. The van der Waals surface area contributed by atoms with Gasteiger partial charge in [0, 0.05) is 5.92 Å². The molecule has 0 aromatic heterocycles. The van der Waals surface area contributed by atoms with Crippen LogP contribution in [0.2, 0.25) is 0 Å². The molecule has 0 saturated heterocycles. The maximum Gasteiger partial charge on any atom is 0.248 e. The summed E-state index contributed by atoms with van der Waals surface area (Å²) in [6.07, 6.45) is 1.74. The quantitative estimate of drug-likeness (QED) is 0.432. The van der Waals surface area contributed by atoms with E-state index in [1.807, 2.05) is 13.8 Å². The molecular weight excluding hydrogens is 126 g/mol. The Morgan fingerprint density at radius 2 is 2.10 bits per heavy atom. The minimum Gasteiger partial charge on any atom is -0.272 e. The van der Waals surface area contributed by atoms with Crippen LogP contribution < -0.4 is 0 Å². The van der Waals surface area contributed by atoms with Crippen molar-refractivity contribution in [2.24, 2.45) is 16.8 Å². The van der Waals surface area contributed by atoms with Crippen molar-refractivity contribution in [1.29, 1.82) is 0 Å². The van der Waals surface area contributed by atoms with Crippen molar-refractivity contribution in [3.63, 3.8) is 0 Å². The second-order valence-corrected chi connectivity index (χ2v) is 2.38. The number of hydrogen-bond acceptors (Lipinski definition) is 1. The summed E-state index contributed by atoms with van der Waals surface area (Å²) in [5.74, 6) is -0.0691. The molecule has 2 nitrogen and oxygen atoms in total. The van der Waals surface area contributed by atoms with Gasteiger partial charge in [-0.15, -0.1) is 6.58 Å². The highest BCUT2D eigenvalue weighted by Gasteiger charge is 2.15. The first-order valence-corrected chi connectivity index (χ1v) is 3.26. The number of aliphatic imine (C=N–C) groups is 1.